The Morgan fingerprint density at radius 1 is 1.07 bits per heavy atom. The fraction of sp³-hybridized carbons (Fsp3) is 0.143. The molecule has 8 nitrogen and oxygen atoms in total. The highest BCUT2D eigenvalue weighted by atomic mass is 16.3. The largest absolute Gasteiger partial charge is 0.493 e. The summed E-state index contributed by atoms with van der Waals surface area (Å²) >= 11 is 0. The molecule has 0 saturated heterocycles. The number of benzene rings is 2. The maximum absolute atomic E-state index is 12.4. The van der Waals surface area contributed by atoms with Gasteiger partial charge in [0.1, 0.15) is 5.56 Å². The highest BCUT2D eigenvalue weighted by Gasteiger charge is 2.18. The SMILES string of the molecule is CC(=O)Nc1ccccc1N=C(C)c1c(O)n(-c2ccc(C)cc2)c(=O)[nH]c1=O. The second kappa shape index (κ2) is 7.97. The van der Waals surface area contributed by atoms with Crippen LogP contribution in [0.4, 0.5) is 11.4 Å². The zero-order valence-corrected chi connectivity index (χ0v) is 16.2. The van der Waals surface area contributed by atoms with Crippen molar-refractivity contribution in [1.82, 2.24) is 9.55 Å². The molecule has 3 rings (SSSR count). The minimum absolute atomic E-state index is 0.136. The Bertz CT molecular complexity index is 1220. The first-order valence-corrected chi connectivity index (χ1v) is 8.85. The van der Waals surface area contributed by atoms with E-state index in [-0.39, 0.29) is 17.2 Å². The maximum atomic E-state index is 12.4. The smallest absolute Gasteiger partial charge is 0.335 e. The fourth-order valence-corrected chi connectivity index (χ4v) is 2.89. The first-order valence-electron chi connectivity index (χ1n) is 8.85. The van der Waals surface area contributed by atoms with Crippen molar-refractivity contribution in [2.45, 2.75) is 20.8 Å². The van der Waals surface area contributed by atoms with Gasteiger partial charge >= 0.3 is 5.69 Å². The van der Waals surface area contributed by atoms with Crippen LogP contribution in [0.3, 0.4) is 0 Å². The standard InChI is InChI=1S/C21H20N4O4/c1-12-8-10-15(11-9-12)25-20(28)18(19(27)24-21(25)29)13(2)22-16-6-4-5-7-17(16)23-14(3)26/h4-11,28H,1-3H3,(H,23,26)(H,24,27,29). The fourth-order valence-electron chi connectivity index (χ4n) is 2.89. The van der Waals surface area contributed by atoms with E-state index in [2.05, 4.69) is 15.3 Å². The van der Waals surface area contributed by atoms with Crippen molar-refractivity contribution in [3.63, 3.8) is 0 Å². The lowest BCUT2D eigenvalue weighted by Crippen LogP contribution is -2.32. The molecular formula is C21H20N4O4. The van der Waals surface area contributed by atoms with Gasteiger partial charge in [-0.3, -0.25) is 19.6 Å². The average molecular weight is 392 g/mol. The quantitative estimate of drug-likeness (QED) is 0.592. The summed E-state index contributed by atoms with van der Waals surface area (Å²) in [7, 11) is 0. The van der Waals surface area contributed by atoms with Crippen molar-refractivity contribution < 1.29 is 9.90 Å². The van der Waals surface area contributed by atoms with Gasteiger partial charge in [-0.05, 0) is 38.1 Å². The van der Waals surface area contributed by atoms with Crippen LogP contribution in [0.15, 0.2) is 63.1 Å². The van der Waals surface area contributed by atoms with Crippen LogP contribution in [0, 0.1) is 6.92 Å². The van der Waals surface area contributed by atoms with Crippen molar-refractivity contribution >= 4 is 23.0 Å². The molecule has 3 N–H and O–H groups in total. The molecule has 0 atom stereocenters. The normalized spacial score (nSPS) is 11.3. The van der Waals surface area contributed by atoms with E-state index in [4.69, 9.17) is 0 Å². The monoisotopic (exact) mass is 392 g/mol. The number of aromatic amines is 1. The second-order valence-electron chi connectivity index (χ2n) is 6.52. The number of para-hydroxylation sites is 2. The Hall–Kier alpha value is -3.94. The number of nitrogens with one attached hydrogen (secondary N) is 2. The molecule has 0 aliphatic heterocycles. The van der Waals surface area contributed by atoms with Crippen LogP contribution in [0.5, 0.6) is 5.88 Å². The zero-order chi connectivity index (χ0) is 21.1. The first kappa shape index (κ1) is 19.8. The minimum Gasteiger partial charge on any atom is -0.493 e. The van der Waals surface area contributed by atoms with Crippen LogP contribution in [-0.2, 0) is 4.79 Å². The van der Waals surface area contributed by atoms with Gasteiger partial charge in [-0.25, -0.2) is 9.36 Å². The van der Waals surface area contributed by atoms with Gasteiger partial charge in [-0.15, -0.1) is 0 Å². The molecule has 3 aromatic rings. The Morgan fingerprint density at radius 3 is 2.38 bits per heavy atom. The molecule has 29 heavy (non-hydrogen) atoms. The van der Waals surface area contributed by atoms with Gasteiger partial charge in [0.2, 0.25) is 11.8 Å². The summed E-state index contributed by atoms with van der Waals surface area (Å²) in [6.45, 7) is 4.81. The number of aliphatic imine (C=N–C) groups is 1. The summed E-state index contributed by atoms with van der Waals surface area (Å²) in [5.74, 6) is -0.778. The molecule has 1 heterocycles. The highest BCUT2D eigenvalue weighted by Crippen LogP contribution is 2.26. The third kappa shape index (κ3) is 4.16. The average Bonchev–Trinajstić information content (AvgIpc) is 2.64. The van der Waals surface area contributed by atoms with E-state index >= 15 is 0 Å². The molecule has 8 heteroatoms. The van der Waals surface area contributed by atoms with Crippen molar-refractivity contribution in [3.05, 3.63) is 80.5 Å². The summed E-state index contributed by atoms with van der Waals surface area (Å²) < 4.78 is 1.01. The van der Waals surface area contributed by atoms with E-state index in [1.165, 1.54) is 6.92 Å². The molecule has 0 fully saturated rings. The molecule has 2 aromatic carbocycles. The molecule has 0 aliphatic carbocycles. The van der Waals surface area contributed by atoms with E-state index in [1.807, 2.05) is 6.92 Å². The molecule has 0 spiro atoms. The predicted molar refractivity (Wildman–Crippen MR) is 112 cm³/mol. The van der Waals surface area contributed by atoms with Crippen molar-refractivity contribution in [3.8, 4) is 11.6 Å². The third-order valence-corrected chi connectivity index (χ3v) is 4.24. The number of hydrogen-bond donors (Lipinski definition) is 3. The number of carbonyl (C=O) groups excluding carboxylic acids is 1. The van der Waals surface area contributed by atoms with Crippen LogP contribution >= 0.6 is 0 Å². The van der Waals surface area contributed by atoms with Gasteiger partial charge in [0.05, 0.1) is 22.8 Å². The summed E-state index contributed by atoms with van der Waals surface area (Å²) in [4.78, 5) is 42.7. The van der Waals surface area contributed by atoms with Crippen molar-refractivity contribution in [1.29, 1.82) is 0 Å². The minimum atomic E-state index is -0.758. The molecule has 0 radical (unpaired) electrons. The molecule has 1 aromatic heterocycles. The molecule has 1 amide bonds. The third-order valence-electron chi connectivity index (χ3n) is 4.24. The molecule has 0 unspecified atom stereocenters. The Morgan fingerprint density at radius 2 is 1.72 bits per heavy atom. The van der Waals surface area contributed by atoms with Gasteiger partial charge in [0.15, 0.2) is 0 Å². The number of anilines is 1. The van der Waals surface area contributed by atoms with E-state index < -0.39 is 17.1 Å². The Balaban J connectivity index is 2.17. The van der Waals surface area contributed by atoms with Crippen LogP contribution in [0.2, 0.25) is 0 Å². The summed E-state index contributed by atoms with van der Waals surface area (Å²) in [5.41, 5.74) is 0.792. The number of hydrogen-bond acceptors (Lipinski definition) is 5. The molecule has 0 saturated carbocycles. The topological polar surface area (TPSA) is 117 Å². The van der Waals surface area contributed by atoms with Crippen LogP contribution in [0.25, 0.3) is 5.69 Å². The van der Waals surface area contributed by atoms with Crippen molar-refractivity contribution in [2.75, 3.05) is 5.32 Å². The van der Waals surface area contributed by atoms with Crippen LogP contribution in [-0.4, -0.2) is 26.3 Å². The zero-order valence-electron chi connectivity index (χ0n) is 16.2. The Labute approximate surface area is 166 Å². The highest BCUT2D eigenvalue weighted by molar-refractivity contribution is 6.03. The molecular weight excluding hydrogens is 372 g/mol. The number of aromatic nitrogens is 2. The van der Waals surface area contributed by atoms with Crippen LogP contribution in [0.1, 0.15) is 25.0 Å². The summed E-state index contributed by atoms with van der Waals surface area (Å²) in [6.07, 6.45) is 0. The number of aromatic hydroxyl groups is 1. The number of aryl methyl sites for hydroxylation is 1. The van der Waals surface area contributed by atoms with Gasteiger partial charge in [0, 0.05) is 6.92 Å². The van der Waals surface area contributed by atoms with Gasteiger partial charge < -0.3 is 10.4 Å². The number of rotatable bonds is 4. The number of H-pyrrole nitrogens is 1. The predicted octanol–water partition coefficient (Wildman–Crippen LogP) is 2.64. The Kier molecular flexibility index (Phi) is 5.45. The number of amides is 1. The molecule has 148 valence electrons. The molecule has 0 bridgehead atoms. The lowest BCUT2D eigenvalue weighted by Gasteiger charge is -2.12. The van der Waals surface area contributed by atoms with Crippen LogP contribution < -0.4 is 16.6 Å². The summed E-state index contributed by atoms with van der Waals surface area (Å²) in [6, 6.07) is 13.7. The van der Waals surface area contributed by atoms with Crippen molar-refractivity contribution in [2.24, 2.45) is 4.99 Å². The number of carbonyl (C=O) groups is 1. The maximum Gasteiger partial charge on any atom is 0.335 e. The lowest BCUT2D eigenvalue weighted by molar-refractivity contribution is -0.114. The van der Waals surface area contributed by atoms with Gasteiger partial charge in [0.25, 0.3) is 5.56 Å². The summed E-state index contributed by atoms with van der Waals surface area (Å²) in [5, 5.41) is 13.4. The van der Waals surface area contributed by atoms with Gasteiger partial charge in [-0.1, -0.05) is 29.8 Å². The van der Waals surface area contributed by atoms with E-state index in [0.717, 1.165) is 10.1 Å². The lowest BCUT2D eigenvalue weighted by atomic mass is 10.2. The van der Waals surface area contributed by atoms with Gasteiger partial charge in [-0.2, -0.15) is 0 Å². The second-order valence-corrected chi connectivity index (χ2v) is 6.52. The van der Waals surface area contributed by atoms with E-state index in [0.29, 0.717) is 17.1 Å². The number of nitrogens with zero attached hydrogens (tertiary/aromatic N) is 2. The molecule has 0 aliphatic rings. The first-order chi connectivity index (χ1) is 13.8. The van der Waals surface area contributed by atoms with E-state index in [1.54, 1.807) is 55.5 Å². The van der Waals surface area contributed by atoms with E-state index in [9.17, 15) is 19.5 Å².